The van der Waals surface area contributed by atoms with Gasteiger partial charge in [-0.3, -0.25) is 15.0 Å². The van der Waals surface area contributed by atoms with Crippen LogP contribution in [-0.2, 0) is 30.2 Å². The number of methoxy groups -OCH3 is 2. The summed E-state index contributed by atoms with van der Waals surface area (Å²) < 4.78 is 21.0. The molecule has 2 aromatic rings. The molecule has 3 rings (SSSR count). The van der Waals surface area contributed by atoms with Gasteiger partial charge in [0, 0.05) is 6.54 Å². The van der Waals surface area contributed by atoms with E-state index in [1.54, 1.807) is 38.8 Å². The van der Waals surface area contributed by atoms with Gasteiger partial charge in [-0.15, -0.1) is 0 Å². The first-order valence-corrected chi connectivity index (χ1v) is 17.2. The molecule has 1 heterocycles. The predicted octanol–water partition coefficient (Wildman–Crippen LogP) is 4.21. The second kappa shape index (κ2) is 20.2. The molecule has 1 aliphatic rings. The maximum Gasteiger partial charge on any atom is 0.407 e. The average molecular weight is 700 g/mol. The van der Waals surface area contributed by atoms with Crippen LogP contribution >= 0.6 is 0 Å². The molecule has 1 aromatic heterocycles. The Bertz CT molecular complexity index is 1360. The van der Waals surface area contributed by atoms with Crippen LogP contribution in [0.4, 0.5) is 9.59 Å². The average Bonchev–Trinajstić information content (AvgIpc) is 3.65. The zero-order chi connectivity index (χ0) is 36.6. The molecule has 4 amide bonds. The van der Waals surface area contributed by atoms with Crippen molar-refractivity contribution in [2.75, 3.05) is 27.3 Å². The minimum absolute atomic E-state index is 0.0215. The smallest absolute Gasteiger partial charge is 0.407 e. The van der Waals surface area contributed by atoms with E-state index in [1.807, 2.05) is 30.3 Å². The summed E-state index contributed by atoms with van der Waals surface area (Å²) in [4.78, 5) is 65.4. The molecule has 0 aliphatic heterocycles. The van der Waals surface area contributed by atoms with Gasteiger partial charge in [-0.1, -0.05) is 77.3 Å². The molecule has 14 nitrogen and oxygen atoms in total. The first-order chi connectivity index (χ1) is 23.9. The summed E-state index contributed by atoms with van der Waals surface area (Å²) in [6, 6.07) is 9.72. The molecule has 0 saturated heterocycles. The Balaban J connectivity index is 2.03. The van der Waals surface area contributed by atoms with E-state index >= 15 is 0 Å². The van der Waals surface area contributed by atoms with Crippen molar-refractivity contribution >= 4 is 30.0 Å². The molecule has 4 unspecified atom stereocenters. The third-order valence-corrected chi connectivity index (χ3v) is 8.74. The molecule has 0 bridgehead atoms. The van der Waals surface area contributed by atoms with Crippen LogP contribution in [0, 0.1) is 17.8 Å². The molecule has 276 valence electrons. The lowest BCUT2D eigenvalue weighted by Gasteiger charge is -2.36. The van der Waals surface area contributed by atoms with E-state index in [1.165, 1.54) is 26.5 Å². The van der Waals surface area contributed by atoms with Gasteiger partial charge in [-0.2, -0.15) is 0 Å². The molecule has 1 fully saturated rings. The van der Waals surface area contributed by atoms with Crippen LogP contribution in [0.1, 0.15) is 75.9 Å². The van der Waals surface area contributed by atoms with E-state index in [4.69, 9.17) is 18.6 Å². The van der Waals surface area contributed by atoms with Crippen molar-refractivity contribution in [1.29, 1.82) is 0 Å². The number of furan rings is 1. The van der Waals surface area contributed by atoms with Crippen molar-refractivity contribution in [3.8, 4) is 0 Å². The number of nitrogens with zero attached hydrogens (tertiary/aromatic N) is 1. The fourth-order valence-corrected chi connectivity index (χ4v) is 5.98. The van der Waals surface area contributed by atoms with Gasteiger partial charge in [0.15, 0.2) is 0 Å². The number of alkyl carbamates (subject to hydrolysis) is 2. The number of rotatable bonds is 17. The molecule has 4 atom stereocenters. The number of ether oxygens (including phenoxy) is 3. The topological polar surface area (TPSA) is 178 Å². The van der Waals surface area contributed by atoms with Crippen LogP contribution < -0.4 is 21.4 Å². The second-order valence-corrected chi connectivity index (χ2v) is 13.3. The Morgan fingerprint density at radius 3 is 1.94 bits per heavy atom. The molecule has 4 N–H and O–H groups in total. The SMILES string of the molecule is COC(=O)NC(C(=O)NC(Cc1ccccc1)C(CN(CC1CCCCC1)NC(=O)C(NC(=O)OC)C(C)C)OC(=O)c1ccco1)C(C)C. The molecular weight excluding hydrogens is 646 g/mol. The Morgan fingerprint density at radius 2 is 1.40 bits per heavy atom. The van der Waals surface area contributed by atoms with Gasteiger partial charge < -0.3 is 34.6 Å². The standard InChI is InChI=1S/C36H53N5O9/c1-23(2)30(38-35(45)47-5)32(42)37-27(20-25-14-9-7-10-15-25)29(50-34(44)28-18-13-19-49-28)22-41(21-26-16-11-8-12-17-26)40-33(43)31(24(3)4)39-36(46)48-6/h7,9-10,13-15,18-19,23-24,26-27,29-31H,8,11-12,16-17,20-22H2,1-6H3,(H,37,42)(H,38,45)(H,39,46)(H,40,43). The number of hydrogen-bond acceptors (Lipinski definition) is 10. The summed E-state index contributed by atoms with van der Waals surface area (Å²) in [5.74, 6) is -2.10. The normalized spacial score (nSPS) is 15.8. The predicted molar refractivity (Wildman–Crippen MR) is 185 cm³/mol. The zero-order valence-electron chi connectivity index (χ0n) is 29.9. The van der Waals surface area contributed by atoms with Gasteiger partial charge in [-0.05, 0) is 54.7 Å². The minimum Gasteiger partial charge on any atom is -0.457 e. The van der Waals surface area contributed by atoms with Crippen molar-refractivity contribution in [3.63, 3.8) is 0 Å². The molecule has 1 aromatic carbocycles. The molecule has 14 heteroatoms. The highest BCUT2D eigenvalue weighted by Gasteiger charge is 2.35. The third-order valence-electron chi connectivity index (χ3n) is 8.74. The van der Waals surface area contributed by atoms with Crippen molar-refractivity contribution in [2.45, 2.75) is 90.4 Å². The number of nitrogens with one attached hydrogen (secondary N) is 4. The first-order valence-electron chi connectivity index (χ1n) is 17.2. The van der Waals surface area contributed by atoms with Crippen molar-refractivity contribution in [3.05, 3.63) is 60.1 Å². The number of benzene rings is 1. The van der Waals surface area contributed by atoms with Crippen molar-refractivity contribution in [2.24, 2.45) is 17.8 Å². The van der Waals surface area contributed by atoms with Crippen molar-refractivity contribution in [1.82, 2.24) is 26.4 Å². The van der Waals surface area contributed by atoms with Gasteiger partial charge in [0.25, 0.3) is 5.91 Å². The molecular formula is C36H53N5O9. The summed E-state index contributed by atoms with van der Waals surface area (Å²) in [6.45, 7) is 7.60. The quantitative estimate of drug-likeness (QED) is 0.106. The third kappa shape index (κ3) is 12.7. The van der Waals surface area contributed by atoms with E-state index < -0.39 is 54.2 Å². The van der Waals surface area contributed by atoms with Gasteiger partial charge >= 0.3 is 18.2 Å². The number of hydrazine groups is 1. The lowest BCUT2D eigenvalue weighted by atomic mass is 9.89. The van der Waals surface area contributed by atoms with Crippen molar-refractivity contribution < 1.29 is 42.6 Å². The number of hydrogen-bond donors (Lipinski definition) is 4. The van der Waals surface area contributed by atoms with Crippen LogP contribution in [-0.4, -0.2) is 86.5 Å². The van der Waals surface area contributed by atoms with Crippen LogP contribution in [0.25, 0.3) is 0 Å². The highest BCUT2D eigenvalue weighted by molar-refractivity contribution is 5.87. The first kappa shape index (κ1) is 39.8. The lowest BCUT2D eigenvalue weighted by molar-refractivity contribution is -0.131. The highest BCUT2D eigenvalue weighted by atomic mass is 16.6. The number of carbonyl (C=O) groups excluding carboxylic acids is 5. The Hall–Kier alpha value is -4.59. The molecule has 50 heavy (non-hydrogen) atoms. The fraction of sp³-hybridized carbons (Fsp3) is 0.583. The highest BCUT2D eigenvalue weighted by Crippen LogP contribution is 2.25. The largest absolute Gasteiger partial charge is 0.457 e. The van der Waals surface area contributed by atoms with E-state index in [-0.39, 0.29) is 36.5 Å². The van der Waals surface area contributed by atoms with Crippen LogP contribution in [0.3, 0.4) is 0 Å². The summed E-state index contributed by atoms with van der Waals surface area (Å²) in [6.07, 6.45) is 4.22. The van der Waals surface area contributed by atoms with Gasteiger partial charge in [0.1, 0.15) is 18.2 Å². The molecule has 0 spiro atoms. The molecule has 0 radical (unpaired) electrons. The van der Waals surface area contributed by atoms with Crippen LogP contribution in [0.2, 0.25) is 0 Å². The Kier molecular flexibility index (Phi) is 16.1. The minimum atomic E-state index is -1.03. The number of amides is 4. The summed E-state index contributed by atoms with van der Waals surface area (Å²) >= 11 is 0. The van der Waals surface area contributed by atoms with Gasteiger partial charge in [0.05, 0.1) is 33.1 Å². The fourth-order valence-electron chi connectivity index (χ4n) is 5.98. The maximum absolute atomic E-state index is 13.9. The monoisotopic (exact) mass is 699 g/mol. The Labute approximate surface area is 294 Å². The van der Waals surface area contributed by atoms with E-state index in [0.29, 0.717) is 6.54 Å². The molecule has 1 saturated carbocycles. The van der Waals surface area contributed by atoms with Gasteiger partial charge in [-0.25, -0.2) is 19.4 Å². The number of esters is 1. The van der Waals surface area contributed by atoms with E-state index in [2.05, 4.69) is 21.4 Å². The van der Waals surface area contributed by atoms with Crippen LogP contribution in [0.15, 0.2) is 53.1 Å². The maximum atomic E-state index is 13.9. The molecule has 1 aliphatic carbocycles. The van der Waals surface area contributed by atoms with E-state index in [9.17, 15) is 24.0 Å². The van der Waals surface area contributed by atoms with Crippen LogP contribution in [0.5, 0.6) is 0 Å². The van der Waals surface area contributed by atoms with E-state index in [0.717, 1.165) is 37.7 Å². The summed E-state index contributed by atoms with van der Waals surface area (Å²) in [5, 5.41) is 9.94. The van der Waals surface area contributed by atoms with Gasteiger partial charge in [0.2, 0.25) is 11.7 Å². The second-order valence-electron chi connectivity index (χ2n) is 13.3. The zero-order valence-corrected chi connectivity index (χ0v) is 29.9. The summed E-state index contributed by atoms with van der Waals surface area (Å²) in [5.41, 5.74) is 3.83. The Morgan fingerprint density at radius 1 is 0.800 bits per heavy atom. The number of carbonyl (C=O) groups is 5. The summed E-state index contributed by atoms with van der Waals surface area (Å²) in [7, 11) is 2.44. The lowest BCUT2D eigenvalue weighted by Crippen LogP contribution is -2.60.